The fourth-order valence-corrected chi connectivity index (χ4v) is 2.67. The van der Waals surface area contributed by atoms with Crippen molar-refractivity contribution in [2.75, 3.05) is 14.2 Å². The van der Waals surface area contributed by atoms with E-state index < -0.39 is 0 Å². The van der Waals surface area contributed by atoms with Gasteiger partial charge in [-0.15, -0.1) is 0 Å². The normalized spacial score (nSPS) is 11.0. The Morgan fingerprint density at radius 3 is 2.48 bits per heavy atom. The summed E-state index contributed by atoms with van der Waals surface area (Å²) in [7, 11) is 3.28. The molecule has 0 N–H and O–H groups in total. The second-order valence-corrected chi connectivity index (χ2v) is 5.84. The number of rotatable bonds is 4. The minimum atomic E-state index is -0.157. The molecule has 0 saturated carbocycles. The Balaban J connectivity index is 1.92. The third-order valence-electron chi connectivity index (χ3n) is 4.10. The molecule has 3 rings (SSSR count). The first kappa shape index (κ1) is 16.7. The number of fused-ring (bicyclic) bond motifs is 1. The highest BCUT2D eigenvalue weighted by molar-refractivity contribution is 6.03. The molecule has 0 atom stereocenters. The molecule has 126 valence electrons. The van der Waals surface area contributed by atoms with E-state index in [-0.39, 0.29) is 5.91 Å². The second kappa shape index (κ2) is 7.18. The average Bonchev–Trinajstić information content (AvgIpc) is 2.65. The molecule has 0 aliphatic rings. The van der Waals surface area contributed by atoms with Crippen molar-refractivity contribution < 1.29 is 9.53 Å². The Labute approximate surface area is 147 Å². The zero-order chi connectivity index (χ0) is 17.8. The number of hydrogen-bond donors (Lipinski definition) is 0. The van der Waals surface area contributed by atoms with Crippen molar-refractivity contribution in [2.45, 2.75) is 6.92 Å². The fraction of sp³-hybridized carbons (Fsp3) is 0.143. The highest BCUT2D eigenvalue weighted by Crippen LogP contribution is 2.26. The molecule has 0 radical (unpaired) electrons. The van der Waals surface area contributed by atoms with Gasteiger partial charge in [0.05, 0.1) is 13.3 Å². The summed E-state index contributed by atoms with van der Waals surface area (Å²) in [6.45, 7) is 1.99. The smallest absolute Gasteiger partial charge is 0.273 e. The topological polar surface area (TPSA) is 41.9 Å². The molecular weight excluding hydrogens is 312 g/mol. The van der Waals surface area contributed by atoms with Crippen molar-refractivity contribution in [3.8, 4) is 5.75 Å². The lowest BCUT2D eigenvalue weighted by Crippen LogP contribution is -2.21. The molecule has 0 aromatic heterocycles. The molecule has 4 heteroatoms. The number of carbonyl (C=O) groups excluding carboxylic acids is 1. The maximum atomic E-state index is 12.5. The predicted molar refractivity (Wildman–Crippen MR) is 101 cm³/mol. The Kier molecular flexibility index (Phi) is 4.80. The standard InChI is InChI=1S/C21H20N2O2/c1-15-8-10-17(11-9-15)21(24)23(2)22-14-19-18-7-5-4-6-16(18)12-13-20(19)25-3/h4-14H,1-3H3/b22-14+. The van der Waals surface area contributed by atoms with Gasteiger partial charge in [0.2, 0.25) is 0 Å². The first-order valence-corrected chi connectivity index (χ1v) is 8.04. The van der Waals surface area contributed by atoms with Gasteiger partial charge < -0.3 is 4.74 Å². The van der Waals surface area contributed by atoms with Gasteiger partial charge in [0.15, 0.2) is 0 Å². The van der Waals surface area contributed by atoms with E-state index in [4.69, 9.17) is 4.74 Å². The average molecular weight is 332 g/mol. The van der Waals surface area contributed by atoms with E-state index in [1.165, 1.54) is 5.01 Å². The van der Waals surface area contributed by atoms with Crippen LogP contribution in [0.5, 0.6) is 5.75 Å². The summed E-state index contributed by atoms with van der Waals surface area (Å²) in [4.78, 5) is 12.5. The number of aryl methyl sites for hydroxylation is 1. The van der Waals surface area contributed by atoms with E-state index in [1.54, 1.807) is 20.4 Å². The molecule has 25 heavy (non-hydrogen) atoms. The van der Waals surface area contributed by atoms with Crippen LogP contribution in [-0.2, 0) is 0 Å². The van der Waals surface area contributed by atoms with Gasteiger partial charge in [-0.25, -0.2) is 5.01 Å². The molecule has 4 nitrogen and oxygen atoms in total. The van der Waals surface area contributed by atoms with Gasteiger partial charge >= 0.3 is 0 Å². The van der Waals surface area contributed by atoms with E-state index in [2.05, 4.69) is 5.10 Å². The molecule has 0 unspecified atom stereocenters. The predicted octanol–water partition coefficient (Wildman–Crippen LogP) is 4.26. The summed E-state index contributed by atoms with van der Waals surface area (Å²) >= 11 is 0. The van der Waals surface area contributed by atoms with Crippen LogP contribution in [0.4, 0.5) is 0 Å². The maximum absolute atomic E-state index is 12.5. The quantitative estimate of drug-likeness (QED) is 0.529. The monoisotopic (exact) mass is 332 g/mol. The highest BCUT2D eigenvalue weighted by atomic mass is 16.5. The molecule has 0 heterocycles. The lowest BCUT2D eigenvalue weighted by Gasteiger charge is -2.12. The van der Waals surface area contributed by atoms with Crippen LogP contribution in [0, 0.1) is 6.92 Å². The molecule has 0 fully saturated rings. The first-order valence-electron chi connectivity index (χ1n) is 8.04. The zero-order valence-corrected chi connectivity index (χ0v) is 14.6. The largest absolute Gasteiger partial charge is 0.496 e. The van der Waals surface area contributed by atoms with Crippen LogP contribution in [-0.4, -0.2) is 31.3 Å². The third kappa shape index (κ3) is 3.53. The molecule has 0 aliphatic carbocycles. The highest BCUT2D eigenvalue weighted by Gasteiger charge is 2.11. The summed E-state index contributed by atoms with van der Waals surface area (Å²) in [5.74, 6) is 0.564. The number of amides is 1. The van der Waals surface area contributed by atoms with Crippen LogP contribution < -0.4 is 4.74 Å². The molecule has 0 aliphatic heterocycles. The minimum absolute atomic E-state index is 0.157. The van der Waals surface area contributed by atoms with Gasteiger partial charge in [-0.3, -0.25) is 4.79 Å². The second-order valence-electron chi connectivity index (χ2n) is 5.84. The Morgan fingerprint density at radius 2 is 1.76 bits per heavy atom. The summed E-state index contributed by atoms with van der Waals surface area (Å²) in [5.41, 5.74) is 2.57. The lowest BCUT2D eigenvalue weighted by molar-refractivity contribution is 0.0800. The number of hydrazone groups is 1. The Bertz CT molecular complexity index is 930. The summed E-state index contributed by atoms with van der Waals surface area (Å²) in [6, 6.07) is 19.4. The zero-order valence-electron chi connectivity index (χ0n) is 14.6. The fourth-order valence-electron chi connectivity index (χ4n) is 2.67. The van der Waals surface area contributed by atoms with Gasteiger partial charge in [-0.2, -0.15) is 5.10 Å². The van der Waals surface area contributed by atoms with Crippen molar-refractivity contribution >= 4 is 22.9 Å². The van der Waals surface area contributed by atoms with Crippen LogP contribution in [0.25, 0.3) is 10.8 Å². The number of nitrogens with zero attached hydrogens (tertiary/aromatic N) is 2. The van der Waals surface area contributed by atoms with Crippen molar-refractivity contribution in [1.82, 2.24) is 5.01 Å². The number of carbonyl (C=O) groups is 1. The van der Waals surface area contributed by atoms with Crippen LogP contribution in [0.2, 0.25) is 0 Å². The van der Waals surface area contributed by atoms with Gasteiger partial charge in [0.1, 0.15) is 5.75 Å². The Morgan fingerprint density at radius 1 is 1.04 bits per heavy atom. The van der Waals surface area contributed by atoms with Crippen molar-refractivity contribution in [3.63, 3.8) is 0 Å². The number of hydrogen-bond acceptors (Lipinski definition) is 3. The number of benzene rings is 3. The van der Waals surface area contributed by atoms with Gasteiger partial charge in [-0.05, 0) is 35.9 Å². The Hall–Kier alpha value is -3.14. The molecule has 0 saturated heterocycles. The number of methoxy groups -OCH3 is 1. The van der Waals surface area contributed by atoms with E-state index in [1.807, 2.05) is 67.6 Å². The van der Waals surface area contributed by atoms with Crippen LogP contribution in [0.15, 0.2) is 65.8 Å². The van der Waals surface area contributed by atoms with Gasteiger partial charge in [0.25, 0.3) is 5.91 Å². The van der Waals surface area contributed by atoms with Crippen LogP contribution >= 0.6 is 0 Å². The minimum Gasteiger partial charge on any atom is -0.496 e. The van der Waals surface area contributed by atoms with Crippen LogP contribution in [0.3, 0.4) is 0 Å². The summed E-state index contributed by atoms with van der Waals surface area (Å²) < 4.78 is 5.45. The first-order chi connectivity index (χ1) is 12.1. The van der Waals surface area contributed by atoms with Gasteiger partial charge in [0, 0.05) is 18.2 Å². The summed E-state index contributed by atoms with van der Waals surface area (Å²) in [6.07, 6.45) is 1.67. The van der Waals surface area contributed by atoms with Crippen molar-refractivity contribution in [3.05, 3.63) is 77.4 Å². The van der Waals surface area contributed by atoms with E-state index in [9.17, 15) is 4.79 Å². The molecule has 0 bridgehead atoms. The SMILES string of the molecule is COc1ccc2ccccc2c1/C=N/N(C)C(=O)c1ccc(C)cc1. The van der Waals surface area contributed by atoms with E-state index in [0.717, 1.165) is 27.6 Å². The third-order valence-corrected chi connectivity index (χ3v) is 4.10. The molecule has 3 aromatic rings. The van der Waals surface area contributed by atoms with E-state index in [0.29, 0.717) is 5.56 Å². The molecule has 3 aromatic carbocycles. The molecule has 0 spiro atoms. The van der Waals surface area contributed by atoms with Crippen molar-refractivity contribution in [1.29, 1.82) is 0 Å². The van der Waals surface area contributed by atoms with Gasteiger partial charge in [-0.1, -0.05) is 48.0 Å². The summed E-state index contributed by atoms with van der Waals surface area (Å²) in [5, 5.41) is 7.79. The molecular formula is C21H20N2O2. The van der Waals surface area contributed by atoms with Crippen LogP contribution in [0.1, 0.15) is 21.5 Å². The molecule has 1 amide bonds. The maximum Gasteiger partial charge on any atom is 0.273 e. The number of ether oxygens (including phenoxy) is 1. The lowest BCUT2D eigenvalue weighted by atomic mass is 10.0. The van der Waals surface area contributed by atoms with Crippen molar-refractivity contribution in [2.24, 2.45) is 5.10 Å². The van der Waals surface area contributed by atoms with E-state index >= 15 is 0 Å².